The summed E-state index contributed by atoms with van der Waals surface area (Å²) in [6, 6.07) is 13.6. The van der Waals surface area contributed by atoms with E-state index in [1.165, 1.54) is 4.57 Å². The molecular weight excluding hydrogens is 320 g/mol. The van der Waals surface area contributed by atoms with Gasteiger partial charge in [-0.1, -0.05) is 49.4 Å². The largest absolute Gasteiger partial charge is 0.394 e. The summed E-state index contributed by atoms with van der Waals surface area (Å²) in [5, 5.41) is 10.9. The summed E-state index contributed by atoms with van der Waals surface area (Å²) in [6.07, 6.45) is 0.480. The maximum Gasteiger partial charge on any atom is 0.330 e. The molecule has 0 saturated heterocycles. The quantitative estimate of drug-likeness (QED) is 0.671. The maximum absolute atomic E-state index is 12.4. The van der Waals surface area contributed by atoms with Crippen LogP contribution in [-0.4, -0.2) is 27.9 Å². The van der Waals surface area contributed by atoms with Crippen molar-refractivity contribution in [2.45, 2.75) is 20.1 Å². The Morgan fingerprint density at radius 2 is 1.88 bits per heavy atom. The van der Waals surface area contributed by atoms with E-state index in [0.29, 0.717) is 17.7 Å². The highest BCUT2D eigenvalue weighted by atomic mass is 16.5. The smallest absolute Gasteiger partial charge is 0.330 e. The van der Waals surface area contributed by atoms with Gasteiger partial charge in [0.25, 0.3) is 5.56 Å². The number of benzene rings is 2. The summed E-state index contributed by atoms with van der Waals surface area (Å²) in [5.41, 5.74) is 0.997. The number of aliphatic hydroxyl groups is 1. The maximum atomic E-state index is 12.4. The van der Waals surface area contributed by atoms with E-state index in [0.717, 1.165) is 16.3 Å². The first kappa shape index (κ1) is 17.1. The van der Waals surface area contributed by atoms with Crippen LogP contribution >= 0.6 is 0 Å². The molecule has 25 heavy (non-hydrogen) atoms. The molecule has 1 aromatic heterocycles. The molecule has 6 heteroatoms. The number of H-pyrrole nitrogens is 1. The molecule has 6 nitrogen and oxygen atoms in total. The van der Waals surface area contributed by atoms with Crippen LogP contribution < -0.4 is 11.2 Å². The van der Waals surface area contributed by atoms with E-state index in [1.807, 2.05) is 49.4 Å². The fourth-order valence-corrected chi connectivity index (χ4v) is 3.02. The van der Waals surface area contributed by atoms with Crippen molar-refractivity contribution in [2.24, 2.45) is 0 Å². The van der Waals surface area contributed by atoms with Crippen LogP contribution in [0.5, 0.6) is 0 Å². The van der Waals surface area contributed by atoms with Crippen LogP contribution in [0.3, 0.4) is 0 Å². The van der Waals surface area contributed by atoms with E-state index in [9.17, 15) is 9.59 Å². The molecule has 0 radical (unpaired) electrons. The lowest BCUT2D eigenvalue weighted by Crippen LogP contribution is -2.34. The summed E-state index contributed by atoms with van der Waals surface area (Å²) in [6.45, 7) is 1.81. The number of nitrogens with one attached hydrogen (secondary N) is 1. The number of aromatic amines is 1. The number of ether oxygens (including phenoxy) is 1. The Morgan fingerprint density at radius 1 is 1.12 bits per heavy atom. The first-order valence-corrected chi connectivity index (χ1v) is 8.20. The van der Waals surface area contributed by atoms with Gasteiger partial charge in [-0.25, -0.2) is 4.79 Å². The highest BCUT2D eigenvalue weighted by Gasteiger charge is 2.17. The number of fused-ring (bicyclic) bond motifs is 1. The third kappa shape index (κ3) is 3.26. The minimum absolute atomic E-state index is 0.0400. The van der Waals surface area contributed by atoms with Gasteiger partial charge in [-0.05, 0) is 17.2 Å². The van der Waals surface area contributed by atoms with Crippen molar-refractivity contribution in [3.05, 3.63) is 68.9 Å². The number of rotatable bonds is 6. The number of hydrogen-bond donors (Lipinski definition) is 2. The summed E-state index contributed by atoms with van der Waals surface area (Å²) in [5.74, 6) is 0. The Hall–Kier alpha value is -2.70. The van der Waals surface area contributed by atoms with E-state index < -0.39 is 5.69 Å². The molecule has 0 aliphatic heterocycles. The molecule has 0 atom stereocenters. The van der Waals surface area contributed by atoms with E-state index in [-0.39, 0.29) is 25.5 Å². The third-order valence-electron chi connectivity index (χ3n) is 4.15. The fourth-order valence-electron chi connectivity index (χ4n) is 3.02. The standard InChI is InChI=1S/C19H20N2O4/c1-2-14-17(16-9-5-7-13-6-3-4-8-15(13)16)21(12-25-11-10-22)19(24)20-18(14)23/h3-9,22H,2,10-12H2,1H3,(H,20,23,24). The second-order valence-electron chi connectivity index (χ2n) is 5.66. The first-order chi connectivity index (χ1) is 12.2. The van der Waals surface area contributed by atoms with Crippen molar-refractivity contribution in [1.29, 1.82) is 0 Å². The normalized spacial score (nSPS) is 11.1. The van der Waals surface area contributed by atoms with Gasteiger partial charge in [0.2, 0.25) is 0 Å². The van der Waals surface area contributed by atoms with E-state index in [2.05, 4.69) is 4.98 Å². The summed E-state index contributed by atoms with van der Waals surface area (Å²) in [7, 11) is 0. The van der Waals surface area contributed by atoms with Gasteiger partial charge in [0.05, 0.1) is 18.9 Å². The highest BCUT2D eigenvalue weighted by Crippen LogP contribution is 2.29. The Balaban J connectivity index is 2.32. The summed E-state index contributed by atoms with van der Waals surface area (Å²) >= 11 is 0. The van der Waals surface area contributed by atoms with Crippen molar-refractivity contribution in [3.8, 4) is 11.3 Å². The SMILES string of the molecule is CCc1c(-c2cccc3ccccc23)n(COCCO)c(=O)[nH]c1=O. The summed E-state index contributed by atoms with van der Waals surface area (Å²) < 4.78 is 6.77. The van der Waals surface area contributed by atoms with Gasteiger partial charge >= 0.3 is 5.69 Å². The van der Waals surface area contributed by atoms with Crippen LogP contribution in [0.25, 0.3) is 22.0 Å². The molecule has 2 aromatic carbocycles. The number of hydrogen-bond acceptors (Lipinski definition) is 4. The van der Waals surface area contributed by atoms with Crippen LogP contribution in [0, 0.1) is 0 Å². The predicted octanol–water partition coefficient (Wildman–Crippen LogP) is 1.89. The lowest BCUT2D eigenvalue weighted by molar-refractivity contribution is 0.0464. The third-order valence-corrected chi connectivity index (χ3v) is 4.15. The zero-order valence-electron chi connectivity index (χ0n) is 14.0. The monoisotopic (exact) mass is 340 g/mol. The van der Waals surface area contributed by atoms with Gasteiger partial charge in [-0.2, -0.15) is 0 Å². The minimum atomic E-state index is -0.525. The van der Waals surface area contributed by atoms with Crippen LogP contribution in [0.2, 0.25) is 0 Å². The molecule has 3 aromatic rings. The van der Waals surface area contributed by atoms with Crippen molar-refractivity contribution in [3.63, 3.8) is 0 Å². The molecule has 130 valence electrons. The highest BCUT2D eigenvalue weighted by molar-refractivity contribution is 5.96. The topological polar surface area (TPSA) is 84.3 Å². The zero-order chi connectivity index (χ0) is 17.8. The number of aromatic nitrogens is 2. The van der Waals surface area contributed by atoms with Crippen LogP contribution in [0.1, 0.15) is 12.5 Å². The molecule has 0 saturated carbocycles. The van der Waals surface area contributed by atoms with Gasteiger partial charge in [-0.3, -0.25) is 14.3 Å². The molecule has 0 fully saturated rings. The Kier molecular flexibility index (Phi) is 5.11. The molecule has 3 rings (SSSR count). The predicted molar refractivity (Wildman–Crippen MR) is 96.7 cm³/mol. The molecule has 0 aliphatic carbocycles. The number of nitrogens with zero attached hydrogens (tertiary/aromatic N) is 1. The number of aliphatic hydroxyl groups excluding tert-OH is 1. The second-order valence-corrected chi connectivity index (χ2v) is 5.66. The Labute approximate surface area is 144 Å². The van der Waals surface area contributed by atoms with Crippen molar-refractivity contribution in [2.75, 3.05) is 13.2 Å². The molecule has 2 N–H and O–H groups in total. The molecular formula is C19H20N2O4. The average molecular weight is 340 g/mol. The van der Waals surface area contributed by atoms with E-state index in [1.54, 1.807) is 0 Å². The molecule has 0 unspecified atom stereocenters. The van der Waals surface area contributed by atoms with Gasteiger partial charge in [0.1, 0.15) is 6.73 Å². The summed E-state index contributed by atoms with van der Waals surface area (Å²) in [4.78, 5) is 27.1. The van der Waals surface area contributed by atoms with Crippen LogP contribution in [0.4, 0.5) is 0 Å². The van der Waals surface area contributed by atoms with Crippen LogP contribution in [0.15, 0.2) is 52.1 Å². The van der Waals surface area contributed by atoms with Gasteiger partial charge in [0, 0.05) is 11.1 Å². The fraction of sp³-hybridized carbons (Fsp3) is 0.263. The average Bonchev–Trinajstić information content (AvgIpc) is 2.63. The molecule has 1 heterocycles. The Morgan fingerprint density at radius 3 is 2.64 bits per heavy atom. The zero-order valence-corrected chi connectivity index (χ0v) is 14.0. The van der Waals surface area contributed by atoms with Gasteiger partial charge in [-0.15, -0.1) is 0 Å². The van der Waals surface area contributed by atoms with E-state index in [4.69, 9.17) is 9.84 Å². The van der Waals surface area contributed by atoms with Crippen molar-refractivity contribution in [1.82, 2.24) is 9.55 Å². The van der Waals surface area contributed by atoms with Gasteiger partial charge in [0.15, 0.2) is 0 Å². The first-order valence-electron chi connectivity index (χ1n) is 8.20. The molecule has 0 bridgehead atoms. The lowest BCUT2D eigenvalue weighted by atomic mass is 9.98. The molecule has 0 aliphatic rings. The van der Waals surface area contributed by atoms with Crippen molar-refractivity contribution < 1.29 is 9.84 Å². The lowest BCUT2D eigenvalue weighted by Gasteiger charge is -2.17. The molecule has 0 spiro atoms. The van der Waals surface area contributed by atoms with Gasteiger partial charge < -0.3 is 9.84 Å². The van der Waals surface area contributed by atoms with Crippen molar-refractivity contribution >= 4 is 10.8 Å². The minimum Gasteiger partial charge on any atom is -0.394 e. The molecule has 0 amide bonds. The van der Waals surface area contributed by atoms with E-state index >= 15 is 0 Å². The second kappa shape index (κ2) is 7.46. The van der Waals surface area contributed by atoms with Crippen LogP contribution in [-0.2, 0) is 17.9 Å². The Bertz CT molecular complexity index is 999.